The van der Waals surface area contributed by atoms with Gasteiger partial charge >= 0.3 is 0 Å². The molecule has 0 unspecified atom stereocenters. The van der Waals surface area contributed by atoms with Crippen LogP contribution in [-0.2, 0) is 9.84 Å². The number of anilines is 1. The molecule has 14 heavy (non-hydrogen) atoms. The highest BCUT2D eigenvalue weighted by molar-refractivity contribution is 7.91. The van der Waals surface area contributed by atoms with E-state index in [0.29, 0.717) is 5.39 Å². The number of hydrogen-bond donors (Lipinski definition) is 1. The molecule has 0 spiro atoms. The average molecular weight is 212 g/mol. The van der Waals surface area contributed by atoms with Gasteiger partial charge in [0.2, 0.25) is 0 Å². The average Bonchev–Trinajstić information content (AvgIpc) is 2.46. The second kappa shape index (κ2) is 2.71. The van der Waals surface area contributed by atoms with Crippen LogP contribution in [0.5, 0.6) is 0 Å². The van der Waals surface area contributed by atoms with E-state index >= 15 is 0 Å². The van der Waals surface area contributed by atoms with Crippen LogP contribution in [0, 0.1) is 0 Å². The van der Waals surface area contributed by atoms with E-state index in [1.165, 1.54) is 6.07 Å². The Morgan fingerprint density at radius 1 is 1.43 bits per heavy atom. The predicted molar refractivity (Wildman–Crippen MR) is 51.5 cm³/mol. The molecule has 0 saturated heterocycles. The number of sulfone groups is 1. The number of nitrogen functional groups attached to an aromatic ring is 1. The standard InChI is InChI=1S/C8H8N2O3S/c1-14(11,12)6-4-2-3-5-7(6)13-10-8(5)9/h2-4H,1H3,(H2,9,10). The van der Waals surface area contributed by atoms with E-state index in [-0.39, 0.29) is 16.3 Å². The number of benzene rings is 1. The zero-order chi connectivity index (χ0) is 10.3. The SMILES string of the molecule is CS(=O)(=O)c1cccc2c(N)noc12. The minimum atomic E-state index is -3.31. The monoisotopic (exact) mass is 212 g/mol. The number of nitrogens with two attached hydrogens (primary N) is 1. The van der Waals surface area contributed by atoms with Crippen molar-refractivity contribution in [2.24, 2.45) is 0 Å². The molecule has 2 rings (SSSR count). The quantitative estimate of drug-likeness (QED) is 0.756. The van der Waals surface area contributed by atoms with Crippen LogP contribution in [0.2, 0.25) is 0 Å². The van der Waals surface area contributed by atoms with Gasteiger partial charge in [-0.3, -0.25) is 0 Å². The number of hydrogen-bond acceptors (Lipinski definition) is 5. The predicted octanol–water partition coefficient (Wildman–Crippen LogP) is 0.814. The van der Waals surface area contributed by atoms with Crippen LogP contribution in [0.3, 0.4) is 0 Å². The van der Waals surface area contributed by atoms with Gasteiger partial charge in [-0.05, 0) is 12.1 Å². The summed E-state index contributed by atoms with van der Waals surface area (Å²) in [4.78, 5) is 0.110. The summed E-state index contributed by atoms with van der Waals surface area (Å²) < 4.78 is 27.5. The Balaban J connectivity index is 2.92. The first-order valence-electron chi connectivity index (χ1n) is 3.84. The summed E-state index contributed by atoms with van der Waals surface area (Å²) in [5.74, 6) is 0.200. The molecule has 1 aromatic carbocycles. The first-order chi connectivity index (χ1) is 6.50. The van der Waals surface area contributed by atoms with Crippen molar-refractivity contribution in [1.29, 1.82) is 0 Å². The zero-order valence-electron chi connectivity index (χ0n) is 7.39. The molecule has 0 radical (unpaired) electrons. The van der Waals surface area contributed by atoms with Gasteiger partial charge in [0.15, 0.2) is 21.2 Å². The van der Waals surface area contributed by atoms with Crippen LogP contribution >= 0.6 is 0 Å². The molecule has 2 aromatic rings. The number of para-hydroxylation sites is 1. The molecule has 6 heteroatoms. The van der Waals surface area contributed by atoms with Gasteiger partial charge in [0.1, 0.15) is 4.90 Å². The van der Waals surface area contributed by atoms with Crippen LogP contribution in [-0.4, -0.2) is 19.8 Å². The molecular formula is C8H8N2O3S. The lowest BCUT2D eigenvalue weighted by atomic mass is 10.2. The van der Waals surface area contributed by atoms with Crippen molar-refractivity contribution in [3.63, 3.8) is 0 Å². The van der Waals surface area contributed by atoms with Gasteiger partial charge in [-0.15, -0.1) is 0 Å². The lowest BCUT2D eigenvalue weighted by Crippen LogP contribution is -1.96. The van der Waals surface area contributed by atoms with E-state index in [0.717, 1.165) is 6.26 Å². The Kier molecular flexibility index (Phi) is 1.75. The van der Waals surface area contributed by atoms with E-state index in [1.807, 2.05) is 0 Å². The number of aromatic nitrogens is 1. The van der Waals surface area contributed by atoms with Crippen LogP contribution < -0.4 is 5.73 Å². The fraction of sp³-hybridized carbons (Fsp3) is 0.125. The van der Waals surface area contributed by atoms with Crippen molar-refractivity contribution >= 4 is 26.6 Å². The van der Waals surface area contributed by atoms with Gasteiger partial charge in [0, 0.05) is 6.26 Å². The molecule has 0 bridgehead atoms. The molecule has 0 atom stereocenters. The van der Waals surface area contributed by atoms with Crippen LogP contribution in [0.15, 0.2) is 27.6 Å². The van der Waals surface area contributed by atoms with Crippen molar-refractivity contribution < 1.29 is 12.9 Å². The van der Waals surface area contributed by atoms with Crippen molar-refractivity contribution in [3.05, 3.63) is 18.2 Å². The van der Waals surface area contributed by atoms with Crippen molar-refractivity contribution in [3.8, 4) is 0 Å². The maximum Gasteiger partial charge on any atom is 0.187 e. The fourth-order valence-electron chi connectivity index (χ4n) is 1.25. The highest BCUT2D eigenvalue weighted by Crippen LogP contribution is 2.26. The van der Waals surface area contributed by atoms with Gasteiger partial charge in [0.25, 0.3) is 0 Å². The summed E-state index contributed by atoms with van der Waals surface area (Å²) in [7, 11) is -3.31. The van der Waals surface area contributed by atoms with E-state index < -0.39 is 9.84 Å². The van der Waals surface area contributed by atoms with Crippen LogP contribution in [0.4, 0.5) is 5.82 Å². The second-order valence-corrected chi connectivity index (χ2v) is 4.96. The number of fused-ring (bicyclic) bond motifs is 1. The molecule has 0 amide bonds. The van der Waals surface area contributed by atoms with Gasteiger partial charge in [-0.25, -0.2) is 8.42 Å². The molecule has 2 N–H and O–H groups in total. The van der Waals surface area contributed by atoms with Gasteiger partial charge < -0.3 is 10.3 Å². The van der Waals surface area contributed by atoms with Gasteiger partial charge in [0.05, 0.1) is 5.39 Å². The lowest BCUT2D eigenvalue weighted by molar-refractivity contribution is 0.454. The summed E-state index contributed by atoms with van der Waals surface area (Å²) in [5.41, 5.74) is 5.70. The third kappa shape index (κ3) is 1.24. The third-order valence-electron chi connectivity index (χ3n) is 1.89. The zero-order valence-corrected chi connectivity index (χ0v) is 8.21. The Morgan fingerprint density at radius 3 is 2.79 bits per heavy atom. The summed E-state index contributed by atoms with van der Waals surface area (Å²) in [5, 5.41) is 4.03. The largest absolute Gasteiger partial charge is 0.380 e. The Hall–Kier alpha value is -1.56. The highest BCUT2D eigenvalue weighted by Gasteiger charge is 2.16. The minimum Gasteiger partial charge on any atom is -0.380 e. The molecule has 0 aliphatic rings. The van der Waals surface area contributed by atoms with E-state index in [9.17, 15) is 8.42 Å². The topological polar surface area (TPSA) is 86.2 Å². The summed E-state index contributed by atoms with van der Waals surface area (Å²) >= 11 is 0. The fourth-order valence-corrected chi connectivity index (χ4v) is 2.06. The van der Waals surface area contributed by atoms with Crippen molar-refractivity contribution in [2.75, 3.05) is 12.0 Å². The maximum atomic E-state index is 11.3. The highest BCUT2D eigenvalue weighted by atomic mass is 32.2. The summed E-state index contributed by atoms with van der Waals surface area (Å²) in [6.07, 6.45) is 1.11. The van der Waals surface area contributed by atoms with Crippen molar-refractivity contribution in [2.45, 2.75) is 4.90 Å². The minimum absolute atomic E-state index is 0.110. The Bertz CT molecular complexity index is 586. The molecule has 74 valence electrons. The summed E-state index contributed by atoms with van der Waals surface area (Å²) in [6, 6.07) is 4.73. The first-order valence-corrected chi connectivity index (χ1v) is 5.73. The Morgan fingerprint density at radius 2 is 2.14 bits per heavy atom. The van der Waals surface area contributed by atoms with E-state index in [1.54, 1.807) is 12.1 Å². The molecule has 0 aliphatic carbocycles. The molecule has 1 heterocycles. The molecule has 1 aromatic heterocycles. The smallest absolute Gasteiger partial charge is 0.187 e. The van der Waals surface area contributed by atoms with Crippen LogP contribution in [0.25, 0.3) is 11.0 Å². The van der Waals surface area contributed by atoms with Gasteiger partial charge in [-0.2, -0.15) is 0 Å². The van der Waals surface area contributed by atoms with E-state index in [2.05, 4.69) is 5.16 Å². The molecule has 0 fully saturated rings. The van der Waals surface area contributed by atoms with Crippen molar-refractivity contribution in [1.82, 2.24) is 5.16 Å². The normalized spacial score (nSPS) is 12.1. The number of nitrogens with zero attached hydrogens (tertiary/aromatic N) is 1. The van der Waals surface area contributed by atoms with Gasteiger partial charge in [-0.1, -0.05) is 11.2 Å². The summed E-state index contributed by atoms with van der Waals surface area (Å²) in [6.45, 7) is 0. The number of rotatable bonds is 1. The van der Waals surface area contributed by atoms with Crippen LogP contribution in [0.1, 0.15) is 0 Å². The maximum absolute atomic E-state index is 11.3. The second-order valence-electron chi connectivity index (χ2n) is 2.97. The molecule has 5 nitrogen and oxygen atoms in total. The first kappa shape index (κ1) is 9.01. The third-order valence-corrected chi connectivity index (χ3v) is 3.01. The van der Waals surface area contributed by atoms with E-state index in [4.69, 9.17) is 10.3 Å². The lowest BCUT2D eigenvalue weighted by Gasteiger charge is -1.96. The molecular weight excluding hydrogens is 204 g/mol. The molecule has 0 saturated carbocycles. The molecule has 0 aliphatic heterocycles. The Labute approximate surface area is 80.4 Å².